The smallest absolute Gasteiger partial charge is 0.240 e. The van der Waals surface area contributed by atoms with Gasteiger partial charge in [0.15, 0.2) is 0 Å². The molecule has 1 aromatic carbocycles. The molecule has 128 valence electrons. The highest BCUT2D eigenvalue weighted by Gasteiger charge is 2.35. The molecule has 0 aliphatic carbocycles. The number of nitrogens with one attached hydrogen (secondary N) is 2. The Bertz CT molecular complexity index is 704. The average molecular weight is 360 g/mol. The SMILES string of the molecule is CNS(=O)(=O)c1ccc2c(c1)N(C(=O)C(C)C1CNC1)CC2.Cl. The molecule has 0 spiro atoms. The van der Waals surface area contributed by atoms with E-state index >= 15 is 0 Å². The number of anilines is 1. The van der Waals surface area contributed by atoms with E-state index < -0.39 is 10.0 Å². The first kappa shape index (κ1) is 18.2. The molecule has 0 radical (unpaired) electrons. The highest BCUT2D eigenvalue weighted by Crippen LogP contribution is 2.32. The predicted octanol–water partition coefficient (Wildman–Crippen LogP) is 0.761. The second kappa shape index (κ2) is 6.76. The van der Waals surface area contributed by atoms with E-state index in [4.69, 9.17) is 0 Å². The fourth-order valence-electron chi connectivity index (χ4n) is 2.98. The number of carbonyl (C=O) groups excluding carboxylic acids is 1. The maximum absolute atomic E-state index is 12.7. The molecule has 1 atom stereocenters. The standard InChI is InChI=1S/C15H21N3O3S.ClH/c1-10(12-8-17-9-12)15(19)18-6-5-11-3-4-13(7-14(11)18)22(20,21)16-2;/h3-4,7,10,12,16-17H,5-6,8-9H2,1-2H3;1H. The summed E-state index contributed by atoms with van der Waals surface area (Å²) in [5.41, 5.74) is 1.77. The van der Waals surface area contributed by atoms with Gasteiger partial charge in [-0.2, -0.15) is 0 Å². The lowest BCUT2D eigenvalue weighted by Crippen LogP contribution is -2.50. The summed E-state index contributed by atoms with van der Waals surface area (Å²) < 4.78 is 26.2. The van der Waals surface area contributed by atoms with Gasteiger partial charge >= 0.3 is 0 Å². The Morgan fingerprint density at radius 1 is 1.39 bits per heavy atom. The summed E-state index contributed by atoms with van der Waals surface area (Å²) in [6, 6.07) is 5.01. The Kier molecular flexibility index (Phi) is 5.35. The van der Waals surface area contributed by atoms with Crippen LogP contribution in [-0.4, -0.2) is 41.0 Å². The van der Waals surface area contributed by atoms with Crippen LogP contribution in [0.3, 0.4) is 0 Å². The zero-order valence-corrected chi connectivity index (χ0v) is 14.8. The van der Waals surface area contributed by atoms with Crippen molar-refractivity contribution in [2.24, 2.45) is 11.8 Å². The van der Waals surface area contributed by atoms with Crippen molar-refractivity contribution in [2.75, 3.05) is 31.6 Å². The first-order valence-electron chi connectivity index (χ1n) is 7.52. The summed E-state index contributed by atoms with van der Waals surface area (Å²) in [4.78, 5) is 14.6. The minimum absolute atomic E-state index is 0. The van der Waals surface area contributed by atoms with E-state index in [2.05, 4.69) is 10.0 Å². The number of fused-ring (bicyclic) bond motifs is 1. The maximum atomic E-state index is 12.7. The number of sulfonamides is 1. The summed E-state index contributed by atoms with van der Waals surface area (Å²) in [7, 11) is -2.11. The van der Waals surface area contributed by atoms with Gasteiger partial charge in [0.05, 0.1) is 4.90 Å². The molecule has 0 aromatic heterocycles. The van der Waals surface area contributed by atoms with Crippen molar-refractivity contribution in [3.8, 4) is 0 Å². The van der Waals surface area contributed by atoms with Gasteiger partial charge in [-0.25, -0.2) is 13.1 Å². The summed E-state index contributed by atoms with van der Waals surface area (Å²) >= 11 is 0. The normalized spacial score (nSPS) is 18.8. The molecule has 2 heterocycles. The van der Waals surface area contributed by atoms with Gasteiger partial charge in [0.25, 0.3) is 0 Å². The first-order chi connectivity index (χ1) is 10.4. The van der Waals surface area contributed by atoms with Gasteiger partial charge < -0.3 is 10.2 Å². The maximum Gasteiger partial charge on any atom is 0.240 e. The molecule has 8 heteroatoms. The molecular weight excluding hydrogens is 338 g/mol. The van der Waals surface area contributed by atoms with Crippen LogP contribution in [0.15, 0.2) is 23.1 Å². The molecule has 6 nitrogen and oxygen atoms in total. The third-order valence-corrected chi connectivity index (χ3v) is 6.12. The molecule has 23 heavy (non-hydrogen) atoms. The Hall–Kier alpha value is -1.15. The molecular formula is C15H22ClN3O3S. The summed E-state index contributed by atoms with van der Waals surface area (Å²) in [5, 5.41) is 3.19. The zero-order chi connectivity index (χ0) is 15.9. The lowest BCUT2D eigenvalue weighted by atomic mass is 9.88. The molecule has 0 saturated carbocycles. The minimum Gasteiger partial charge on any atom is -0.316 e. The van der Waals surface area contributed by atoms with Crippen LogP contribution < -0.4 is 14.9 Å². The second-order valence-electron chi connectivity index (χ2n) is 5.94. The van der Waals surface area contributed by atoms with Gasteiger partial charge in [-0.3, -0.25) is 4.79 Å². The van der Waals surface area contributed by atoms with Crippen LogP contribution in [0.4, 0.5) is 5.69 Å². The van der Waals surface area contributed by atoms with Gasteiger partial charge in [-0.1, -0.05) is 13.0 Å². The van der Waals surface area contributed by atoms with Gasteiger partial charge in [0.2, 0.25) is 15.9 Å². The lowest BCUT2D eigenvalue weighted by Gasteiger charge is -2.34. The molecule has 1 unspecified atom stereocenters. The van der Waals surface area contributed by atoms with Crippen molar-refractivity contribution in [1.82, 2.24) is 10.0 Å². The number of nitrogens with zero attached hydrogens (tertiary/aromatic N) is 1. The van der Waals surface area contributed by atoms with Crippen LogP contribution in [0.1, 0.15) is 12.5 Å². The molecule has 1 aromatic rings. The predicted molar refractivity (Wildman–Crippen MR) is 91.5 cm³/mol. The van der Waals surface area contributed by atoms with Crippen molar-refractivity contribution in [1.29, 1.82) is 0 Å². The fourth-order valence-corrected chi connectivity index (χ4v) is 3.73. The Balaban J connectivity index is 0.00000192. The summed E-state index contributed by atoms with van der Waals surface area (Å²) in [6.07, 6.45) is 0.774. The van der Waals surface area contributed by atoms with E-state index in [9.17, 15) is 13.2 Å². The van der Waals surface area contributed by atoms with Crippen LogP contribution in [0.2, 0.25) is 0 Å². The Labute approximate surface area is 143 Å². The van der Waals surface area contributed by atoms with Crippen molar-refractivity contribution in [3.63, 3.8) is 0 Å². The van der Waals surface area contributed by atoms with Crippen LogP contribution in [0, 0.1) is 11.8 Å². The third-order valence-electron chi connectivity index (χ3n) is 4.71. The molecule has 2 aliphatic rings. The minimum atomic E-state index is -3.50. The van der Waals surface area contributed by atoms with Crippen LogP contribution >= 0.6 is 12.4 Å². The topological polar surface area (TPSA) is 78.5 Å². The van der Waals surface area contributed by atoms with Crippen LogP contribution in [0.25, 0.3) is 0 Å². The number of carbonyl (C=O) groups is 1. The Morgan fingerprint density at radius 2 is 2.09 bits per heavy atom. The molecule has 1 amide bonds. The van der Waals surface area contributed by atoms with Gasteiger partial charge in [-0.05, 0) is 50.2 Å². The first-order valence-corrected chi connectivity index (χ1v) is 9.01. The molecule has 1 fully saturated rings. The molecule has 2 N–H and O–H groups in total. The van der Waals surface area contributed by atoms with Crippen LogP contribution in [0.5, 0.6) is 0 Å². The van der Waals surface area contributed by atoms with Crippen molar-refractivity contribution in [2.45, 2.75) is 18.2 Å². The highest BCUT2D eigenvalue weighted by atomic mass is 35.5. The van der Waals surface area contributed by atoms with E-state index in [1.54, 1.807) is 17.0 Å². The molecule has 1 saturated heterocycles. The summed E-state index contributed by atoms with van der Waals surface area (Å²) in [5.74, 6) is 0.418. The monoisotopic (exact) mass is 359 g/mol. The largest absolute Gasteiger partial charge is 0.316 e. The van der Waals surface area contributed by atoms with Gasteiger partial charge in [0.1, 0.15) is 0 Å². The number of hydrogen-bond donors (Lipinski definition) is 2. The van der Waals surface area contributed by atoms with E-state index in [-0.39, 0.29) is 29.1 Å². The number of hydrogen-bond acceptors (Lipinski definition) is 4. The second-order valence-corrected chi connectivity index (χ2v) is 7.83. The zero-order valence-electron chi connectivity index (χ0n) is 13.2. The average Bonchev–Trinajstić information content (AvgIpc) is 2.87. The quantitative estimate of drug-likeness (QED) is 0.832. The molecule has 3 rings (SSSR count). The third kappa shape index (κ3) is 3.24. The highest BCUT2D eigenvalue weighted by molar-refractivity contribution is 7.89. The number of rotatable bonds is 4. The van der Waals surface area contributed by atoms with Gasteiger partial charge in [0, 0.05) is 18.2 Å². The van der Waals surface area contributed by atoms with Gasteiger partial charge in [-0.15, -0.1) is 12.4 Å². The van der Waals surface area contributed by atoms with E-state index in [1.807, 2.05) is 13.0 Å². The lowest BCUT2D eigenvalue weighted by molar-refractivity contribution is -0.123. The van der Waals surface area contributed by atoms with E-state index in [0.29, 0.717) is 12.5 Å². The van der Waals surface area contributed by atoms with Crippen molar-refractivity contribution < 1.29 is 13.2 Å². The molecule has 0 bridgehead atoms. The number of benzene rings is 1. The van der Waals surface area contributed by atoms with E-state index in [0.717, 1.165) is 30.8 Å². The van der Waals surface area contributed by atoms with Crippen molar-refractivity contribution >= 4 is 34.0 Å². The molecule has 2 aliphatic heterocycles. The number of halogens is 1. The van der Waals surface area contributed by atoms with Crippen molar-refractivity contribution in [3.05, 3.63) is 23.8 Å². The Morgan fingerprint density at radius 3 is 2.65 bits per heavy atom. The number of amides is 1. The van der Waals surface area contributed by atoms with E-state index in [1.165, 1.54) is 7.05 Å². The van der Waals surface area contributed by atoms with Crippen LogP contribution in [-0.2, 0) is 21.2 Å². The fraction of sp³-hybridized carbons (Fsp3) is 0.533. The summed E-state index contributed by atoms with van der Waals surface area (Å²) in [6.45, 7) is 4.34.